The number of methoxy groups -OCH3 is 1. The third-order valence-corrected chi connectivity index (χ3v) is 2.56. The molecule has 0 heterocycles. The summed E-state index contributed by atoms with van der Waals surface area (Å²) >= 11 is 0. The molecule has 2 aromatic carbocycles. The molecule has 0 fully saturated rings. The molecule has 0 aliphatic carbocycles. The summed E-state index contributed by atoms with van der Waals surface area (Å²) in [6, 6.07) is 12.2. The molecule has 2 rings (SSSR count). The first kappa shape index (κ1) is 11.2. The number of benzene rings is 2. The van der Waals surface area contributed by atoms with Crippen LogP contribution in [-0.2, 0) is 0 Å². The third kappa shape index (κ3) is 2.28. The van der Waals surface area contributed by atoms with Crippen molar-refractivity contribution >= 4 is 6.29 Å². The Bertz CT molecular complexity index is 530. The second kappa shape index (κ2) is 4.70. The van der Waals surface area contributed by atoms with Crippen LogP contribution in [-0.4, -0.2) is 18.5 Å². The normalized spacial score (nSPS) is 9.94. The Labute approximate surface area is 99.3 Å². The van der Waals surface area contributed by atoms with Gasteiger partial charge in [-0.3, -0.25) is 4.79 Å². The fourth-order valence-electron chi connectivity index (χ4n) is 1.66. The van der Waals surface area contributed by atoms with Gasteiger partial charge in [-0.05, 0) is 35.4 Å². The van der Waals surface area contributed by atoms with E-state index in [0.717, 1.165) is 17.4 Å². The summed E-state index contributed by atoms with van der Waals surface area (Å²) in [5.74, 6) is 0.778. The maximum Gasteiger partial charge on any atom is 0.153 e. The van der Waals surface area contributed by atoms with Crippen LogP contribution in [0.1, 0.15) is 10.4 Å². The summed E-state index contributed by atoms with van der Waals surface area (Å²) in [5, 5.41) is 9.21. The lowest BCUT2D eigenvalue weighted by Gasteiger charge is -2.07. The number of hydrogen-bond acceptors (Lipinski definition) is 3. The Kier molecular flexibility index (Phi) is 3.10. The predicted molar refractivity (Wildman–Crippen MR) is 65.5 cm³/mol. The van der Waals surface area contributed by atoms with Crippen LogP contribution in [0.2, 0.25) is 0 Å². The number of phenolic OH excluding ortho intramolecular Hbond substituents is 1. The van der Waals surface area contributed by atoms with E-state index in [0.29, 0.717) is 11.3 Å². The minimum atomic E-state index is 0.220. The largest absolute Gasteiger partial charge is 0.508 e. The van der Waals surface area contributed by atoms with E-state index in [-0.39, 0.29) is 5.75 Å². The summed E-state index contributed by atoms with van der Waals surface area (Å²) in [5.41, 5.74) is 2.36. The van der Waals surface area contributed by atoms with Gasteiger partial charge in [0.05, 0.1) is 12.7 Å². The first-order valence-corrected chi connectivity index (χ1v) is 5.17. The Balaban J connectivity index is 2.46. The molecule has 17 heavy (non-hydrogen) atoms. The number of rotatable bonds is 3. The highest BCUT2D eigenvalue weighted by Crippen LogP contribution is 2.26. The molecule has 0 spiro atoms. The highest BCUT2D eigenvalue weighted by atomic mass is 16.5. The lowest BCUT2D eigenvalue weighted by molar-refractivity contribution is 0.112. The van der Waals surface area contributed by atoms with E-state index < -0.39 is 0 Å². The van der Waals surface area contributed by atoms with E-state index in [2.05, 4.69) is 0 Å². The smallest absolute Gasteiger partial charge is 0.153 e. The van der Waals surface area contributed by atoms with Crippen LogP contribution in [0.5, 0.6) is 11.5 Å². The lowest BCUT2D eigenvalue weighted by Crippen LogP contribution is -1.90. The van der Waals surface area contributed by atoms with E-state index in [4.69, 9.17) is 4.74 Å². The van der Waals surface area contributed by atoms with Crippen LogP contribution in [0.3, 0.4) is 0 Å². The number of hydrogen-bond donors (Lipinski definition) is 1. The second-order valence-electron chi connectivity index (χ2n) is 3.62. The molecule has 0 aliphatic rings. The van der Waals surface area contributed by atoms with E-state index >= 15 is 0 Å². The molecular formula is C14H12O3. The Morgan fingerprint density at radius 1 is 1.06 bits per heavy atom. The van der Waals surface area contributed by atoms with Crippen LogP contribution in [0.15, 0.2) is 42.5 Å². The van der Waals surface area contributed by atoms with Gasteiger partial charge < -0.3 is 9.84 Å². The number of phenols is 1. The monoisotopic (exact) mass is 228 g/mol. The molecular weight excluding hydrogens is 216 g/mol. The van der Waals surface area contributed by atoms with Crippen molar-refractivity contribution in [2.24, 2.45) is 0 Å². The zero-order chi connectivity index (χ0) is 12.3. The van der Waals surface area contributed by atoms with Crippen molar-refractivity contribution in [3.8, 4) is 22.6 Å². The zero-order valence-corrected chi connectivity index (χ0v) is 9.38. The van der Waals surface area contributed by atoms with E-state index in [1.165, 1.54) is 7.11 Å². The fraction of sp³-hybridized carbons (Fsp3) is 0.0714. The summed E-state index contributed by atoms with van der Waals surface area (Å²) < 4.78 is 5.07. The average Bonchev–Trinajstić information content (AvgIpc) is 2.39. The minimum Gasteiger partial charge on any atom is -0.508 e. The van der Waals surface area contributed by atoms with Gasteiger partial charge in [-0.25, -0.2) is 0 Å². The Hall–Kier alpha value is -2.29. The molecule has 86 valence electrons. The Morgan fingerprint density at radius 2 is 1.71 bits per heavy atom. The summed E-state index contributed by atoms with van der Waals surface area (Å²) in [4.78, 5) is 10.9. The third-order valence-electron chi connectivity index (χ3n) is 2.56. The molecule has 3 nitrogen and oxygen atoms in total. The van der Waals surface area contributed by atoms with Crippen molar-refractivity contribution in [3.63, 3.8) is 0 Å². The van der Waals surface area contributed by atoms with Crippen molar-refractivity contribution in [3.05, 3.63) is 48.0 Å². The molecule has 0 saturated heterocycles. The molecule has 0 atom stereocenters. The molecule has 3 heteroatoms. The molecule has 2 aromatic rings. The summed E-state index contributed by atoms with van der Waals surface area (Å²) in [6.45, 7) is 0. The molecule has 1 N–H and O–H groups in total. The van der Waals surface area contributed by atoms with Gasteiger partial charge in [-0.1, -0.05) is 18.2 Å². The Morgan fingerprint density at radius 3 is 2.29 bits per heavy atom. The number of aldehydes is 1. The predicted octanol–water partition coefficient (Wildman–Crippen LogP) is 2.88. The van der Waals surface area contributed by atoms with E-state index in [1.807, 2.05) is 6.07 Å². The quantitative estimate of drug-likeness (QED) is 0.821. The van der Waals surface area contributed by atoms with Gasteiger partial charge >= 0.3 is 0 Å². The van der Waals surface area contributed by atoms with Crippen molar-refractivity contribution in [1.82, 2.24) is 0 Å². The first-order chi connectivity index (χ1) is 8.24. The highest BCUT2D eigenvalue weighted by Gasteiger charge is 2.04. The molecule has 0 saturated carbocycles. The molecule has 0 bridgehead atoms. The minimum absolute atomic E-state index is 0.220. The van der Waals surface area contributed by atoms with Crippen LogP contribution < -0.4 is 4.74 Å². The van der Waals surface area contributed by atoms with Gasteiger partial charge in [0.1, 0.15) is 11.5 Å². The number of aromatic hydroxyl groups is 1. The van der Waals surface area contributed by atoms with E-state index in [1.54, 1.807) is 36.4 Å². The molecule has 0 unspecified atom stereocenters. The molecule has 0 aliphatic heterocycles. The number of carbonyl (C=O) groups excluding carboxylic acids is 1. The van der Waals surface area contributed by atoms with Crippen LogP contribution in [0.25, 0.3) is 11.1 Å². The van der Waals surface area contributed by atoms with E-state index in [9.17, 15) is 9.90 Å². The van der Waals surface area contributed by atoms with Crippen LogP contribution >= 0.6 is 0 Å². The molecule has 0 radical (unpaired) electrons. The van der Waals surface area contributed by atoms with Crippen LogP contribution in [0, 0.1) is 0 Å². The first-order valence-electron chi connectivity index (χ1n) is 5.17. The molecule has 0 amide bonds. The van der Waals surface area contributed by atoms with Gasteiger partial charge in [-0.2, -0.15) is 0 Å². The highest BCUT2D eigenvalue weighted by molar-refractivity contribution is 5.83. The van der Waals surface area contributed by atoms with Crippen molar-refractivity contribution in [2.75, 3.05) is 7.11 Å². The molecule has 0 aromatic heterocycles. The summed E-state index contributed by atoms with van der Waals surface area (Å²) in [7, 11) is 1.53. The zero-order valence-electron chi connectivity index (χ0n) is 9.38. The topological polar surface area (TPSA) is 46.5 Å². The van der Waals surface area contributed by atoms with Crippen molar-refractivity contribution in [1.29, 1.82) is 0 Å². The standard InChI is InChI=1S/C14H12O3/c1-17-14-7-4-11(8-12(14)9-15)10-2-5-13(16)6-3-10/h2-9,16H,1H3. The van der Waals surface area contributed by atoms with Gasteiger partial charge in [0, 0.05) is 0 Å². The van der Waals surface area contributed by atoms with Gasteiger partial charge in [0.15, 0.2) is 6.29 Å². The average molecular weight is 228 g/mol. The van der Waals surface area contributed by atoms with Crippen molar-refractivity contribution in [2.45, 2.75) is 0 Å². The maximum absolute atomic E-state index is 10.9. The maximum atomic E-state index is 10.9. The fourth-order valence-corrected chi connectivity index (χ4v) is 1.66. The number of carbonyl (C=O) groups is 1. The summed E-state index contributed by atoms with van der Waals surface area (Å²) in [6.07, 6.45) is 0.767. The van der Waals surface area contributed by atoms with Gasteiger partial charge in [-0.15, -0.1) is 0 Å². The second-order valence-corrected chi connectivity index (χ2v) is 3.62. The van der Waals surface area contributed by atoms with Crippen molar-refractivity contribution < 1.29 is 14.6 Å². The number of ether oxygens (including phenoxy) is 1. The van der Waals surface area contributed by atoms with Gasteiger partial charge in [0.2, 0.25) is 0 Å². The SMILES string of the molecule is COc1ccc(-c2ccc(O)cc2)cc1C=O. The van der Waals surface area contributed by atoms with Crippen LogP contribution in [0.4, 0.5) is 0 Å². The van der Waals surface area contributed by atoms with Gasteiger partial charge in [0.25, 0.3) is 0 Å². The lowest BCUT2D eigenvalue weighted by atomic mass is 10.0.